The van der Waals surface area contributed by atoms with Crippen LogP contribution in [-0.2, 0) is 16.0 Å². The summed E-state index contributed by atoms with van der Waals surface area (Å²) >= 11 is 0. The van der Waals surface area contributed by atoms with Crippen molar-refractivity contribution in [3.63, 3.8) is 0 Å². The number of aliphatic carboxylic acids is 1. The second-order valence-electron chi connectivity index (χ2n) is 4.90. The summed E-state index contributed by atoms with van der Waals surface area (Å²) < 4.78 is 0. The average Bonchev–Trinajstić information content (AvgIpc) is 2.37. The van der Waals surface area contributed by atoms with Crippen LogP contribution in [0.25, 0.3) is 0 Å². The molecule has 0 saturated carbocycles. The van der Waals surface area contributed by atoms with Crippen LogP contribution in [0.4, 0.5) is 5.69 Å². The van der Waals surface area contributed by atoms with E-state index in [0.717, 1.165) is 12.0 Å². The average molecular weight is 263 g/mol. The largest absolute Gasteiger partial charge is 0.481 e. The van der Waals surface area contributed by atoms with Gasteiger partial charge in [-0.05, 0) is 36.6 Å². The van der Waals surface area contributed by atoms with Crippen molar-refractivity contribution in [2.45, 2.75) is 34.1 Å². The number of hydrogen-bond donors (Lipinski definition) is 2. The Labute approximate surface area is 113 Å². The van der Waals surface area contributed by atoms with Crippen LogP contribution < -0.4 is 5.32 Å². The number of nitrogens with one attached hydrogen (secondary N) is 1. The summed E-state index contributed by atoms with van der Waals surface area (Å²) in [6.07, 6.45) is 0.951. The van der Waals surface area contributed by atoms with Gasteiger partial charge in [0.25, 0.3) is 0 Å². The lowest BCUT2D eigenvalue weighted by Gasteiger charge is -2.16. The molecular formula is C15H21NO3. The Balaban J connectivity index is 2.77. The van der Waals surface area contributed by atoms with Gasteiger partial charge in [-0.15, -0.1) is 0 Å². The number of carbonyl (C=O) groups excluding carboxylic acids is 1. The van der Waals surface area contributed by atoms with Crippen LogP contribution in [0.15, 0.2) is 18.2 Å². The van der Waals surface area contributed by atoms with Gasteiger partial charge >= 0.3 is 5.97 Å². The molecule has 0 fully saturated rings. The SMILES string of the molecule is CCc1ccc(NC(=O)C(C)C(C)C(=O)O)cc1C. The summed E-state index contributed by atoms with van der Waals surface area (Å²) in [4.78, 5) is 22.8. The fourth-order valence-corrected chi connectivity index (χ4v) is 1.87. The molecule has 2 N–H and O–H groups in total. The summed E-state index contributed by atoms with van der Waals surface area (Å²) in [6, 6.07) is 5.74. The van der Waals surface area contributed by atoms with Crippen LogP contribution in [0.1, 0.15) is 31.9 Å². The highest BCUT2D eigenvalue weighted by atomic mass is 16.4. The molecule has 0 bridgehead atoms. The Morgan fingerprint density at radius 1 is 1.26 bits per heavy atom. The van der Waals surface area contributed by atoms with E-state index in [1.165, 1.54) is 12.5 Å². The first-order valence-corrected chi connectivity index (χ1v) is 6.50. The van der Waals surface area contributed by atoms with Gasteiger partial charge in [0.05, 0.1) is 5.92 Å². The van der Waals surface area contributed by atoms with E-state index >= 15 is 0 Å². The van der Waals surface area contributed by atoms with Gasteiger partial charge in [0, 0.05) is 11.6 Å². The monoisotopic (exact) mass is 263 g/mol. The van der Waals surface area contributed by atoms with Gasteiger partial charge in [-0.2, -0.15) is 0 Å². The number of benzene rings is 1. The second kappa shape index (κ2) is 6.36. The maximum Gasteiger partial charge on any atom is 0.307 e. The first-order valence-electron chi connectivity index (χ1n) is 6.50. The van der Waals surface area contributed by atoms with Gasteiger partial charge < -0.3 is 10.4 Å². The molecule has 4 nitrogen and oxygen atoms in total. The summed E-state index contributed by atoms with van der Waals surface area (Å²) in [5.41, 5.74) is 3.08. The highest BCUT2D eigenvalue weighted by Crippen LogP contribution is 2.18. The van der Waals surface area contributed by atoms with Crippen LogP contribution in [0.2, 0.25) is 0 Å². The Morgan fingerprint density at radius 2 is 1.89 bits per heavy atom. The molecule has 0 spiro atoms. The van der Waals surface area contributed by atoms with Crippen molar-refractivity contribution in [3.05, 3.63) is 29.3 Å². The fraction of sp³-hybridized carbons (Fsp3) is 0.467. The summed E-state index contributed by atoms with van der Waals surface area (Å²) in [7, 11) is 0. The molecule has 0 saturated heterocycles. The lowest BCUT2D eigenvalue weighted by molar-refractivity contribution is -0.145. The molecule has 0 heterocycles. The Hall–Kier alpha value is -1.84. The van der Waals surface area contributed by atoms with Gasteiger partial charge in [0.1, 0.15) is 0 Å². The van der Waals surface area contributed by atoms with Crippen LogP contribution in [0.5, 0.6) is 0 Å². The molecule has 104 valence electrons. The molecule has 1 aromatic carbocycles. The van der Waals surface area contributed by atoms with E-state index in [-0.39, 0.29) is 5.91 Å². The molecule has 1 rings (SSSR count). The number of carboxylic acids is 1. The quantitative estimate of drug-likeness (QED) is 0.858. The van der Waals surface area contributed by atoms with Crippen molar-refractivity contribution >= 4 is 17.6 Å². The third-order valence-electron chi connectivity index (χ3n) is 3.54. The lowest BCUT2D eigenvalue weighted by Crippen LogP contribution is -2.29. The zero-order valence-electron chi connectivity index (χ0n) is 11.9. The van der Waals surface area contributed by atoms with Crippen LogP contribution in [-0.4, -0.2) is 17.0 Å². The first kappa shape index (κ1) is 15.2. The molecular weight excluding hydrogens is 242 g/mol. The minimum Gasteiger partial charge on any atom is -0.481 e. The minimum atomic E-state index is -0.958. The number of aryl methyl sites for hydroxylation is 2. The molecule has 2 unspecified atom stereocenters. The van der Waals surface area contributed by atoms with Crippen molar-refractivity contribution in [2.24, 2.45) is 11.8 Å². The van der Waals surface area contributed by atoms with Crippen LogP contribution in [0.3, 0.4) is 0 Å². The summed E-state index contributed by atoms with van der Waals surface area (Å²) in [5.74, 6) is -2.49. The van der Waals surface area contributed by atoms with Gasteiger partial charge in [0.2, 0.25) is 5.91 Å². The molecule has 0 aliphatic heterocycles. The summed E-state index contributed by atoms with van der Waals surface area (Å²) in [6.45, 7) is 7.24. The molecule has 0 radical (unpaired) electrons. The lowest BCUT2D eigenvalue weighted by atomic mass is 9.95. The maximum atomic E-state index is 11.9. The van der Waals surface area contributed by atoms with Gasteiger partial charge in [-0.3, -0.25) is 9.59 Å². The van der Waals surface area contributed by atoms with Crippen molar-refractivity contribution in [1.82, 2.24) is 0 Å². The number of rotatable bonds is 5. The van der Waals surface area contributed by atoms with E-state index in [4.69, 9.17) is 5.11 Å². The van der Waals surface area contributed by atoms with Crippen LogP contribution in [0, 0.1) is 18.8 Å². The number of carboxylic acid groups (broad SMARTS) is 1. The Bertz CT molecular complexity index is 482. The standard InChI is InChI=1S/C15H21NO3/c1-5-12-6-7-13(8-9(12)2)16-14(17)10(3)11(4)15(18)19/h6-8,10-11H,5H2,1-4H3,(H,16,17)(H,18,19). The van der Waals surface area contributed by atoms with Crippen molar-refractivity contribution < 1.29 is 14.7 Å². The van der Waals surface area contributed by atoms with Gasteiger partial charge in [-0.1, -0.05) is 26.8 Å². The Kier molecular flexibility index (Phi) is 5.10. The highest BCUT2D eigenvalue weighted by Gasteiger charge is 2.25. The minimum absolute atomic E-state index is 0.265. The molecule has 0 aliphatic rings. The predicted molar refractivity (Wildman–Crippen MR) is 75.2 cm³/mol. The summed E-state index contributed by atoms with van der Waals surface area (Å²) in [5, 5.41) is 11.7. The van der Waals surface area contributed by atoms with E-state index in [9.17, 15) is 9.59 Å². The van der Waals surface area contributed by atoms with E-state index in [1.54, 1.807) is 6.92 Å². The smallest absolute Gasteiger partial charge is 0.307 e. The third-order valence-corrected chi connectivity index (χ3v) is 3.54. The topological polar surface area (TPSA) is 66.4 Å². The van der Waals surface area contributed by atoms with Crippen molar-refractivity contribution in [3.8, 4) is 0 Å². The van der Waals surface area contributed by atoms with E-state index in [0.29, 0.717) is 5.69 Å². The molecule has 1 amide bonds. The molecule has 0 aliphatic carbocycles. The fourth-order valence-electron chi connectivity index (χ4n) is 1.87. The molecule has 1 aromatic rings. The zero-order valence-corrected chi connectivity index (χ0v) is 11.9. The van der Waals surface area contributed by atoms with E-state index in [2.05, 4.69) is 12.2 Å². The van der Waals surface area contributed by atoms with Gasteiger partial charge in [-0.25, -0.2) is 0 Å². The van der Waals surface area contributed by atoms with Gasteiger partial charge in [0.15, 0.2) is 0 Å². The van der Waals surface area contributed by atoms with Crippen molar-refractivity contribution in [2.75, 3.05) is 5.32 Å². The normalized spacial score (nSPS) is 13.7. The van der Waals surface area contributed by atoms with Crippen LogP contribution >= 0.6 is 0 Å². The molecule has 0 aromatic heterocycles. The van der Waals surface area contributed by atoms with Crippen molar-refractivity contribution in [1.29, 1.82) is 0 Å². The van der Waals surface area contributed by atoms with E-state index in [1.807, 2.05) is 25.1 Å². The second-order valence-corrected chi connectivity index (χ2v) is 4.90. The first-order chi connectivity index (χ1) is 8.86. The third kappa shape index (κ3) is 3.81. The Morgan fingerprint density at radius 3 is 2.37 bits per heavy atom. The highest BCUT2D eigenvalue weighted by molar-refractivity contribution is 5.94. The maximum absolute atomic E-state index is 11.9. The molecule has 19 heavy (non-hydrogen) atoms. The number of anilines is 1. The number of amides is 1. The molecule has 2 atom stereocenters. The predicted octanol–water partition coefficient (Wildman–Crippen LogP) is 2.85. The number of hydrogen-bond acceptors (Lipinski definition) is 2. The number of carbonyl (C=O) groups is 2. The molecule has 4 heteroatoms. The van der Waals surface area contributed by atoms with E-state index < -0.39 is 17.8 Å². The zero-order chi connectivity index (χ0) is 14.6.